The van der Waals surface area contributed by atoms with Crippen molar-refractivity contribution in [2.24, 2.45) is 0 Å². The van der Waals surface area contributed by atoms with Crippen LogP contribution < -0.4 is 10.1 Å². The van der Waals surface area contributed by atoms with Crippen LogP contribution in [0.3, 0.4) is 0 Å². The van der Waals surface area contributed by atoms with Crippen LogP contribution in [0, 0.1) is 0 Å². The third-order valence-electron chi connectivity index (χ3n) is 3.07. The number of thiazole rings is 1. The Balaban J connectivity index is 1.71. The number of tetrazole rings is 1. The van der Waals surface area contributed by atoms with Crippen molar-refractivity contribution in [1.29, 1.82) is 0 Å². The summed E-state index contributed by atoms with van der Waals surface area (Å²) in [5.41, 5.74) is 0.788. The lowest BCUT2D eigenvalue weighted by Crippen LogP contribution is -2.22. The van der Waals surface area contributed by atoms with E-state index >= 15 is 0 Å². The van der Waals surface area contributed by atoms with Crippen molar-refractivity contribution in [3.8, 4) is 11.4 Å². The lowest BCUT2D eigenvalue weighted by molar-refractivity contribution is -0.115. The molecule has 0 unspecified atom stereocenters. The minimum atomic E-state index is -0.378. The number of nitrogens with one attached hydrogen (secondary N) is 1. The molecule has 0 aliphatic heterocycles. The molecular weight excluding hydrogens is 348 g/mol. The van der Waals surface area contributed by atoms with Gasteiger partial charge in [-0.05, 0) is 41.6 Å². The molecule has 1 amide bonds. The number of aromatic nitrogens is 5. The monoisotopic (exact) mass is 362 g/mol. The van der Waals surface area contributed by atoms with Crippen molar-refractivity contribution in [3.63, 3.8) is 0 Å². The third-order valence-corrected chi connectivity index (χ3v) is 4.79. The van der Waals surface area contributed by atoms with E-state index < -0.39 is 0 Å². The molecule has 0 saturated carbocycles. The van der Waals surface area contributed by atoms with Crippen molar-refractivity contribution in [2.45, 2.75) is 17.3 Å². The van der Waals surface area contributed by atoms with Crippen LogP contribution in [-0.2, 0) is 4.79 Å². The summed E-state index contributed by atoms with van der Waals surface area (Å²) in [7, 11) is 1.61. The number of methoxy groups -OCH3 is 1. The molecular formula is C14H14N6O2S2. The molecule has 1 N–H and O–H groups in total. The number of hydrogen-bond acceptors (Lipinski definition) is 8. The first-order valence-electron chi connectivity index (χ1n) is 6.97. The van der Waals surface area contributed by atoms with E-state index in [-0.39, 0.29) is 11.2 Å². The number of nitrogens with zero attached hydrogens (tertiary/aromatic N) is 5. The van der Waals surface area contributed by atoms with Gasteiger partial charge in [-0.1, -0.05) is 11.8 Å². The van der Waals surface area contributed by atoms with Crippen LogP contribution in [0.2, 0.25) is 0 Å². The Bertz CT molecular complexity index is 803. The van der Waals surface area contributed by atoms with Gasteiger partial charge in [0, 0.05) is 11.6 Å². The van der Waals surface area contributed by atoms with E-state index in [9.17, 15) is 4.79 Å². The van der Waals surface area contributed by atoms with Gasteiger partial charge in [0.05, 0.1) is 18.0 Å². The predicted molar refractivity (Wildman–Crippen MR) is 91.8 cm³/mol. The number of rotatable bonds is 6. The number of carbonyl (C=O) groups excluding carboxylic acids is 1. The molecule has 0 spiro atoms. The van der Waals surface area contributed by atoms with Gasteiger partial charge in [0.15, 0.2) is 5.13 Å². The van der Waals surface area contributed by atoms with Gasteiger partial charge in [-0.2, -0.15) is 4.68 Å². The highest BCUT2D eigenvalue weighted by atomic mass is 32.2. The minimum absolute atomic E-state index is 0.153. The number of benzene rings is 1. The standard InChI is InChI=1S/C14H14N6O2S2/c1-9(12(21)16-13-15-7-8-23-13)24-14-17-18-19-20(14)10-3-5-11(22-2)6-4-10/h3-9H,1-2H3,(H,15,16,21)/t9-/m1/s1. The molecule has 24 heavy (non-hydrogen) atoms. The minimum Gasteiger partial charge on any atom is -0.497 e. The average molecular weight is 362 g/mol. The second kappa shape index (κ2) is 7.41. The maximum absolute atomic E-state index is 12.2. The fraction of sp³-hybridized carbons (Fsp3) is 0.214. The van der Waals surface area contributed by atoms with Crippen LogP contribution >= 0.6 is 23.1 Å². The summed E-state index contributed by atoms with van der Waals surface area (Å²) in [6.07, 6.45) is 1.64. The van der Waals surface area contributed by atoms with E-state index in [0.29, 0.717) is 10.3 Å². The Morgan fingerprint density at radius 3 is 2.83 bits per heavy atom. The van der Waals surface area contributed by atoms with Gasteiger partial charge < -0.3 is 10.1 Å². The molecule has 0 bridgehead atoms. The molecule has 1 aromatic carbocycles. The lowest BCUT2D eigenvalue weighted by atomic mass is 10.3. The fourth-order valence-corrected chi connectivity index (χ4v) is 3.18. The Morgan fingerprint density at radius 1 is 1.38 bits per heavy atom. The number of hydrogen-bond donors (Lipinski definition) is 1. The van der Waals surface area contributed by atoms with Crippen molar-refractivity contribution in [2.75, 3.05) is 12.4 Å². The Kier molecular flexibility index (Phi) is 5.06. The van der Waals surface area contributed by atoms with Gasteiger partial charge >= 0.3 is 0 Å². The topological polar surface area (TPSA) is 94.8 Å². The Hall–Kier alpha value is -2.46. The highest BCUT2D eigenvalue weighted by Crippen LogP contribution is 2.25. The summed E-state index contributed by atoms with van der Waals surface area (Å²) in [6, 6.07) is 7.34. The Morgan fingerprint density at radius 2 is 2.17 bits per heavy atom. The van der Waals surface area contributed by atoms with E-state index in [2.05, 4.69) is 25.8 Å². The molecule has 8 nitrogen and oxygen atoms in total. The maximum atomic E-state index is 12.2. The molecule has 0 aliphatic rings. The molecule has 3 aromatic rings. The van der Waals surface area contributed by atoms with Crippen LogP contribution in [0.1, 0.15) is 6.92 Å². The lowest BCUT2D eigenvalue weighted by Gasteiger charge is -2.10. The molecule has 2 aromatic heterocycles. The predicted octanol–water partition coefficient (Wildman–Crippen LogP) is 2.25. The van der Waals surface area contributed by atoms with Gasteiger partial charge in [0.25, 0.3) is 0 Å². The largest absolute Gasteiger partial charge is 0.497 e. The van der Waals surface area contributed by atoms with Crippen molar-refractivity contribution < 1.29 is 9.53 Å². The van der Waals surface area contributed by atoms with E-state index in [4.69, 9.17) is 4.74 Å². The molecule has 2 heterocycles. The first-order valence-corrected chi connectivity index (χ1v) is 8.73. The molecule has 3 rings (SSSR count). The highest BCUT2D eigenvalue weighted by Gasteiger charge is 2.20. The van der Waals surface area contributed by atoms with E-state index in [1.54, 1.807) is 30.3 Å². The van der Waals surface area contributed by atoms with E-state index in [0.717, 1.165) is 11.4 Å². The summed E-state index contributed by atoms with van der Waals surface area (Å²) in [5.74, 6) is 0.594. The SMILES string of the molecule is COc1ccc(-n2nnnc2S[C@H](C)C(=O)Nc2nccs2)cc1. The average Bonchev–Trinajstić information content (AvgIpc) is 3.27. The second-order valence-electron chi connectivity index (χ2n) is 4.66. The first kappa shape index (κ1) is 16.4. The smallest absolute Gasteiger partial charge is 0.239 e. The van der Waals surface area contributed by atoms with Gasteiger partial charge in [-0.15, -0.1) is 16.4 Å². The zero-order chi connectivity index (χ0) is 16.9. The third kappa shape index (κ3) is 3.71. The van der Waals surface area contributed by atoms with Crippen molar-refractivity contribution in [3.05, 3.63) is 35.8 Å². The molecule has 0 fully saturated rings. The molecule has 0 saturated heterocycles. The normalized spacial score (nSPS) is 11.9. The van der Waals surface area contributed by atoms with Gasteiger partial charge in [-0.3, -0.25) is 4.79 Å². The van der Waals surface area contributed by atoms with E-state index in [1.165, 1.54) is 23.1 Å². The highest BCUT2D eigenvalue weighted by molar-refractivity contribution is 8.00. The quantitative estimate of drug-likeness (QED) is 0.672. The van der Waals surface area contributed by atoms with Crippen molar-refractivity contribution >= 4 is 34.1 Å². The van der Waals surface area contributed by atoms with Crippen LogP contribution in [0.4, 0.5) is 5.13 Å². The summed E-state index contributed by atoms with van der Waals surface area (Å²) >= 11 is 2.64. The Labute approximate surface area is 146 Å². The van der Waals surface area contributed by atoms with Crippen molar-refractivity contribution in [1.82, 2.24) is 25.2 Å². The second-order valence-corrected chi connectivity index (χ2v) is 6.86. The summed E-state index contributed by atoms with van der Waals surface area (Å²) < 4.78 is 6.72. The first-order chi connectivity index (χ1) is 11.7. The molecule has 1 atom stereocenters. The molecule has 0 radical (unpaired) electrons. The molecule has 10 heteroatoms. The number of carbonyl (C=O) groups is 1. The van der Waals surface area contributed by atoms with Crippen LogP contribution in [-0.4, -0.2) is 43.5 Å². The van der Waals surface area contributed by atoms with Crippen LogP contribution in [0.15, 0.2) is 41.0 Å². The van der Waals surface area contributed by atoms with Gasteiger partial charge in [0.2, 0.25) is 11.1 Å². The zero-order valence-electron chi connectivity index (χ0n) is 12.9. The number of anilines is 1. The van der Waals surface area contributed by atoms with Gasteiger partial charge in [-0.25, -0.2) is 4.98 Å². The fourth-order valence-electron chi connectivity index (χ4n) is 1.84. The number of ether oxygens (including phenoxy) is 1. The number of thioether (sulfide) groups is 1. The zero-order valence-corrected chi connectivity index (χ0v) is 14.5. The number of amides is 1. The summed E-state index contributed by atoms with van der Waals surface area (Å²) in [6.45, 7) is 1.79. The van der Waals surface area contributed by atoms with Gasteiger partial charge in [0.1, 0.15) is 5.75 Å². The summed E-state index contributed by atoms with van der Waals surface area (Å²) in [5, 5.41) is 17.0. The summed E-state index contributed by atoms with van der Waals surface area (Å²) in [4.78, 5) is 16.2. The molecule has 124 valence electrons. The van der Waals surface area contributed by atoms with Crippen LogP contribution in [0.25, 0.3) is 5.69 Å². The maximum Gasteiger partial charge on any atom is 0.239 e. The van der Waals surface area contributed by atoms with Crippen LogP contribution in [0.5, 0.6) is 5.75 Å². The molecule has 0 aliphatic carbocycles. The van der Waals surface area contributed by atoms with E-state index in [1.807, 2.05) is 24.3 Å².